The number of esters is 1. The Morgan fingerprint density at radius 1 is 1.16 bits per heavy atom. The summed E-state index contributed by atoms with van der Waals surface area (Å²) in [6.07, 6.45) is 0. The van der Waals surface area contributed by atoms with E-state index in [1.165, 1.54) is 0 Å². The number of nitrogens with one attached hydrogen (secondary N) is 1. The van der Waals surface area contributed by atoms with Crippen LogP contribution in [-0.4, -0.2) is 51.4 Å². The number of benzene rings is 2. The van der Waals surface area contributed by atoms with Gasteiger partial charge in [-0.3, -0.25) is 4.90 Å². The molecule has 0 radical (unpaired) electrons. The molecule has 1 N–H and O–H groups in total. The van der Waals surface area contributed by atoms with E-state index in [0.29, 0.717) is 31.1 Å². The largest absolute Gasteiger partial charge is 0.494 e. The van der Waals surface area contributed by atoms with E-state index in [4.69, 9.17) is 19.5 Å². The van der Waals surface area contributed by atoms with E-state index < -0.39 is 6.04 Å². The molecule has 0 aliphatic carbocycles. The van der Waals surface area contributed by atoms with Crippen LogP contribution in [0.15, 0.2) is 42.5 Å². The lowest BCUT2D eigenvalue weighted by atomic mass is 10.0. The molecule has 2 aromatic carbocycles. The van der Waals surface area contributed by atoms with Crippen molar-refractivity contribution in [3.63, 3.8) is 0 Å². The van der Waals surface area contributed by atoms with E-state index in [0.717, 1.165) is 23.4 Å². The molecule has 0 fully saturated rings. The fraction of sp³-hybridized carbons (Fsp3) is 0.417. The summed E-state index contributed by atoms with van der Waals surface area (Å²) < 4.78 is 16.2. The maximum Gasteiger partial charge on any atom is 0.333 e. The number of hydrogen-bond acceptors (Lipinski definition) is 7. The van der Waals surface area contributed by atoms with Crippen molar-refractivity contribution >= 4 is 11.7 Å². The van der Waals surface area contributed by atoms with E-state index in [1.807, 2.05) is 32.2 Å². The van der Waals surface area contributed by atoms with Crippen LogP contribution in [0, 0.1) is 11.3 Å². The molecule has 2 rings (SSSR count). The fourth-order valence-electron chi connectivity index (χ4n) is 3.14. The first-order valence-electron chi connectivity index (χ1n) is 10.4. The lowest BCUT2D eigenvalue weighted by Gasteiger charge is -2.22. The predicted octanol–water partition coefficient (Wildman–Crippen LogP) is 3.75. The highest BCUT2D eigenvalue weighted by molar-refractivity contribution is 5.81. The van der Waals surface area contributed by atoms with Gasteiger partial charge in [0.2, 0.25) is 0 Å². The van der Waals surface area contributed by atoms with Crippen LogP contribution in [-0.2, 0) is 20.8 Å². The number of nitriles is 1. The Hall–Kier alpha value is -3.08. The number of rotatable bonds is 12. The van der Waals surface area contributed by atoms with E-state index in [-0.39, 0.29) is 12.6 Å². The third-order valence-electron chi connectivity index (χ3n) is 4.61. The minimum atomic E-state index is -0.712. The Morgan fingerprint density at radius 3 is 2.52 bits per heavy atom. The van der Waals surface area contributed by atoms with Gasteiger partial charge in [0.15, 0.2) is 6.04 Å². The molecule has 0 amide bonds. The SMILES string of the molecule is CCOC(=O)C(Nc1ccc(C#N)cc1)c1cc(CN(C)CCOC)cc(OCC)c1. The smallest absolute Gasteiger partial charge is 0.333 e. The number of anilines is 1. The van der Waals surface area contributed by atoms with Crippen molar-refractivity contribution in [3.05, 3.63) is 59.2 Å². The molecule has 0 saturated carbocycles. The number of likely N-dealkylation sites (N-methyl/N-ethyl adjacent to an activating group) is 1. The summed E-state index contributed by atoms with van der Waals surface area (Å²) in [6, 6.07) is 14.2. The van der Waals surface area contributed by atoms with Gasteiger partial charge in [-0.05, 0) is 68.4 Å². The average molecular weight is 426 g/mol. The van der Waals surface area contributed by atoms with Crippen LogP contribution in [0.5, 0.6) is 5.75 Å². The zero-order valence-corrected chi connectivity index (χ0v) is 18.7. The van der Waals surface area contributed by atoms with E-state index >= 15 is 0 Å². The third kappa shape index (κ3) is 7.59. The minimum Gasteiger partial charge on any atom is -0.494 e. The zero-order valence-electron chi connectivity index (χ0n) is 18.7. The summed E-state index contributed by atoms with van der Waals surface area (Å²) in [7, 11) is 3.70. The van der Waals surface area contributed by atoms with Gasteiger partial charge < -0.3 is 19.5 Å². The van der Waals surface area contributed by atoms with E-state index in [2.05, 4.69) is 16.3 Å². The molecule has 0 aromatic heterocycles. The molecular formula is C24H31N3O4. The monoisotopic (exact) mass is 425 g/mol. The van der Waals surface area contributed by atoms with Gasteiger partial charge in [-0.2, -0.15) is 5.26 Å². The number of carbonyl (C=O) groups excluding carboxylic acids is 1. The minimum absolute atomic E-state index is 0.280. The van der Waals surface area contributed by atoms with E-state index in [1.54, 1.807) is 38.3 Å². The first kappa shape index (κ1) is 24.2. The molecule has 7 heteroatoms. The van der Waals surface area contributed by atoms with Crippen molar-refractivity contribution in [2.24, 2.45) is 0 Å². The maximum absolute atomic E-state index is 12.8. The summed E-state index contributed by atoms with van der Waals surface area (Å²) in [5, 5.41) is 12.3. The Labute approximate surface area is 184 Å². The Balaban J connectivity index is 2.37. The highest BCUT2D eigenvalue weighted by Gasteiger charge is 2.23. The van der Waals surface area contributed by atoms with Crippen LogP contribution in [0.25, 0.3) is 0 Å². The van der Waals surface area contributed by atoms with Crippen molar-refractivity contribution < 1.29 is 19.0 Å². The lowest BCUT2D eigenvalue weighted by Crippen LogP contribution is -2.25. The van der Waals surface area contributed by atoms with Crippen LogP contribution in [0.2, 0.25) is 0 Å². The van der Waals surface area contributed by atoms with Crippen LogP contribution in [0.4, 0.5) is 5.69 Å². The van der Waals surface area contributed by atoms with Crippen LogP contribution >= 0.6 is 0 Å². The molecule has 0 heterocycles. The summed E-state index contributed by atoms with van der Waals surface area (Å²) >= 11 is 0. The average Bonchev–Trinajstić information content (AvgIpc) is 2.76. The molecule has 0 saturated heterocycles. The maximum atomic E-state index is 12.8. The van der Waals surface area contributed by atoms with Crippen LogP contribution in [0.3, 0.4) is 0 Å². The Kier molecular flexibility index (Phi) is 9.82. The second-order valence-corrected chi connectivity index (χ2v) is 7.09. The number of ether oxygens (including phenoxy) is 3. The van der Waals surface area contributed by atoms with Gasteiger partial charge >= 0.3 is 5.97 Å². The summed E-state index contributed by atoms with van der Waals surface area (Å²) in [5.74, 6) is 0.324. The highest BCUT2D eigenvalue weighted by Crippen LogP contribution is 2.27. The number of nitrogens with zero attached hydrogens (tertiary/aromatic N) is 2. The zero-order chi connectivity index (χ0) is 22.6. The standard InChI is InChI=1S/C24H31N3O4/c1-5-30-22-14-19(17-27(3)11-12-29-4)13-20(15-22)23(24(28)31-6-2)26-21-9-7-18(16-25)8-10-21/h7-10,13-15,23,26H,5-6,11-12,17H2,1-4H3. The molecule has 166 valence electrons. The van der Waals surface area contributed by atoms with Crippen molar-refractivity contribution in [1.82, 2.24) is 4.90 Å². The fourth-order valence-corrected chi connectivity index (χ4v) is 3.14. The van der Waals surface area contributed by atoms with Gasteiger partial charge in [0, 0.05) is 25.9 Å². The second-order valence-electron chi connectivity index (χ2n) is 7.09. The van der Waals surface area contributed by atoms with Crippen molar-refractivity contribution in [3.8, 4) is 11.8 Å². The molecule has 1 atom stereocenters. The van der Waals surface area contributed by atoms with E-state index in [9.17, 15) is 4.79 Å². The van der Waals surface area contributed by atoms with Crippen LogP contribution < -0.4 is 10.1 Å². The molecule has 0 bridgehead atoms. The Morgan fingerprint density at radius 2 is 1.90 bits per heavy atom. The Bertz CT molecular complexity index is 877. The van der Waals surface area contributed by atoms with Gasteiger partial charge in [-0.1, -0.05) is 6.07 Å². The first-order valence-corrected chi connectivity index (χ1v) is 10.4. The predicted molar refractivity (Wildman–Crippen MR) is 120 cm³/mol. The summed E-state index contributed by atoms with van der Waals surface area (Å²) in [5.41, 5.74) is 3.05. The van der Waals surface area contributed by atoms with Crippen molar-refractivity contribution in [2.45, 2.75) is 26.4 Å². The quantitative estimate of drug-likeness (QED) is 0.519. The molecular weight excluding hydrogens is 394 g/mol. The molecule has 2 aromatic rings. The molecule has 0 aliphatic rings. The normalized spacial score (nSPS) is 11.6. The van der Waals surface area contributed by atoms with Gasteiger partial charge in [-0.15, -0.1) is 0 Å². The van der Waals surface area contributed by atoms with Gasteiger partial charge in [0.1, 0.15) is 5.75 Å². The first-order chi connectivity index (χ1) is 15.0. The van der Waals surface area contributed by atoms with Crippen molar-refractivity contribution in [1.29, 1.82) is 5.26 Å². The lowest BCUT2D eigenvalue weighted by molar-refractivity contribution is -0.144. The van der Waals surface area contributed by atoms with Crippen LogP contribution in [0.1, 0.15) is 36.6 Å². The number of hydrogen-bond donors (Lipinski definition) is 1. The highest BCUT2D eigenvalue weighted by atomic mass is 16.5. The summed E-state index contributed by atoms with van der Waals surface area (Å²) in [6.45, 7) is 6.62. The van der Waals surface area contributed by atoms with Crippen molar-refractivity contribution in [2.75, 3.05) is 45.8 Å². The molecule has 1 unspecified atom stereocenters. The molecule has 7 nitrogen and oxygen atoms in total. The van der Waals surface area contributed by atoms with Gasteiger partial charge in [0.25, 0.3) is 0 Å². The topological polar surface area (TPSA) is 83.8 Å². The van der Waals surface area contributed by atoms with Gasteiger partial charge in [0.05, 0.1) is 31.5 Å². The number of carbonyl (C=O) groups is 1. The number of methoxy groups -OCH3 is 1. The second kappa shape index (κ2) is 12.6. The van der Waals surface area contributed by atoms with Gasteiger partial charge in [-0.25, -0.2) is 4.79 Å². The molecule has 0 aliphatic heterocycles. The molecule has 0 spiro atoms. The summed E-state index contributed by atoms with van der Waals surface area (Å²) in [4.78, 5) is 15.0. The third-order valence-corrected chi connectivity index (χ3v) is 4.61. The molecule has 31 heavy (non-hydrogen) atoms.